The Balaban J connectivity index is 2.02. The number of nitrogens with zero attached hydrogens (tertiary/aromatic N) is 2. The lowest BCUT2D eigenvalue weighted by atomic mass is 10.0. The van der Waals surface area contributed by atoms with Crippen molar-refractivity contribution >= 4 is 17.7 Å². The molecule has 0 N–H and O–H groups in total. The lowest BCUT2D eigenvalue weighted by Crippen LogP contribution is -2.53. The molecule has 0 spiro atoms. The van der Waals surface area contributed by atoms with Gasteiger partial charge in [0, 0.05) is 0 Å². The van der Waals surface area contributed by atoms with Crippen LogP contribution in [0.3, 0.4) is 0 Å². The van der Waals surface area contributed by atoms with Crippen LogP contribution < -0.4 is 0 Å². The van der Waals surface area contributed by atoms with Gasteiger partial charge in [-0.1, -0.05) is 12.1 Å². The van der Waals surface area contributed by atoms with Crippen LogP contribution in [0.2, 0.25) is 0 Å². The first-order valence-corrected chi connectivity index (χ1v) is 6.95. The Kier molecular flexibility index (Phi) is 2.74. The molecule has 0 saturated heterocycles. The highest BCUT2D eigenvalue weighted by atomic mass is 16.5. The van der Waals surface area contributed by atoms with Crippen LogP contribution in [-0.2, 0) is 4.74 Å². The van der Waals surface area contributed by atoms with E-state index in [1.807, 2.05) is 13.8 Å². The number of imide groups is 1. The summed E-state index contributed by atoms with van der Waals surface area (Å²) in [4.78, 5) is 30.9. The average Bonchev–Trinajstić information content (AvgIpc) is 2.90. The van der Waals surface area contributed by atoms with E-state index in [9.17, 15) is 9.59 Å². The fourth-order valence-corrected chi connectivity index (χ4v) is 2.69. The van der Waals surface area contributed by atoms with Crippen molar-refractivity contribution in [3.63, 3.8) is 0 Å². The molecule has 21 heavy (non-hydrogen) atoms. The van der Waals surface area contributed by atoms with Crippen molar-refractivity contribution in [2.24, 2.45) is 4.99 Å². The van der Waals surface area contributed by atoms with Gasteiger partial charge in [0.1, 0.15) is 12.1 Å². The number of ether oxygens (including phenoxy) is 1. The van der Waals surface area contributed by atoms with E-state index in [0.717, 1.165) is 0 Å². The molecule has 0 radical (unpaired) electrons. The standard InChI is InChI=1S/C16H18N2O3/c1-15(2)9-21-14(17-15)16(3,4)18-12(19)10-7-5-6-8-11(10)13(18)20/h5-8H,9H2,1-4H3. The van der Waals surface area contributed by atoms with Gasteiger partial charge in [0.25, 0.3) is 11.8 Å². The number of carbonyl (C=O) groups excluding carboxylic acids is 2. The van der Waals surface area contributed by atoms with Gasteiger partial charge < -0.3 is 4.74 Å². The molecule has 0 atom stereocenters. The number of rotatable bonds is 2. The minimum atomic E-state index is -0.902. The molecule has 0 aromatic heterocycles. The van der Waals surface area contributed by atoms with Crippen molar-refractivity contribution in [2.45, 2.75) is 38.8 Å². The maximum atomic E-state index is 12.6. The Hall–Kier alpha value is -2.17. The molecule has 2 amide bonds. The zero-order valence-electron chi connectivity index (χ0n) is 12.6. The van der Waals surface area contributed by atoms with Gasteiger partial charge in [-0.05, 0) is 39.8 Å². The van der Waals surface area contributed by atoms with Crippen LogP contribution in [0, 0.1) is 0 Å². The van der Waals surface area contributed by atoms with Crippen LogP contribution in [0.1, 0.15) is 48.4 Å². The first-order valence-electron chi connectivity index (χ1n) is 6.95. The summed E-state index contributed by atoms with van der Waals surface area (Å²) >= 11 is 0. The molecule has 5 nitrogen and oxygen atoms in total. The van der Waals surface area contributed by atoms with Crippen molar-refractivity contribution in [2.75, 3.05) is 6.61 Å². The molecule has 2 aliphatic rings. The summed E-state index contributed by atoms with van der Waals surface area (Å²) in [5.41, 5.74) is -0.353. The minimum absolute atomic E-state index is 0.295. The SMILES string of the molecule is CC1(C)COC(C(C)(C)N2C(=O)c3ccccc3C2=O)=N1. The second kappa shape index (κ2) is 4.16. The second-order valence-electron chi connectivity index (χ2n) is 6.57. The Bertz CT molecular complexity index is 639. The van der Waals surface area contributed by atoms with Crippen LogP contribution in [0.4, 0.5) is 0 Å². The minimum Gasteiger partial charge on any atom is -0.477 e. The first-order chi connectivity index (χ1) is 9.74. The van der Waals surface area contributed by atoms with Gasteiger partial charge in [0.05, 0.1) is 16.7 Å². The normalized spacial score (nSPS) is 20.4. The van der Waals surface area contributed by atoms with E-state index in [2.05, 4.69) is 4.99 Å². The maximum absolute atomic E-state index is 12.6. The highest BCUT2D eigenvalue weighted by Gasteiger charge is 2.49. The molecule has 0 saturated carbocycles. The summed E-state index contributed by atoms with van der Waals surface area (Å²) in [5.74, 6) is -0.157. The Morgan fingerprint density at radius 3 is 2.10 bits per heavy atom. The van der Waals surface area contributed by atoms with E-state index < -0.39 is 5.54 Å². The van der Waals surface area contributed by atoms with Gasteiger partial charge >= 0.3 is 0 Å². The van der Waals surface area contributed by atoms with E-state index in [4.69, 9.17) is 4.74 Å². The van der Waals surface area contributed by atoms with Gasteiger partial charge in [-0.3, -0.25) is 14.5 Å². The maximum Gasteiger partial charge on any atom is 0.262 e. The van der Waals surface area contributed by atoms with Crippen molar-refractivity contribution in [3.05, 3.63) is 35.4 Å². The average molecular weight is 286 g/mol. The summed E-state index contributed by atoms with van der Waals surface area (Å²) in [6, 6.07) is 6.86. The summed E-state index contributed by atoms with van der Waals surface area (Å²) < 4.78 is 5.64. The first kappa shape index (κ1) is 13.8. The van der Waals surface area contributed by atoms with Crippen molar-refractivity contribution in [3.8, 4) is 0 Å². The van der Waals surface area contributed by atoms with Crippen molar-refractivity contribution in [1.29, 1.82) is 0 Å². The number of fused-ring (bicyclic) bond motifs is 1. The van der Waals surface area contributed by atoms with E-state index in [1.165, 1.54) is 4.90 Å². The third-order valence-corrected chi connectivity index (χ3v) is 3.84. The highest BCUT2D eigenvalue weighted by molar-refractivity contribution is 6.23. The fourth-order valence-electron chi connectivity index (χ4n) is 2.69. The van der Waals surface area contributed by atoms with Gasteiger partial charge in [-0.15, -0.1) is 0 Å². The molecule has 1 aromatic rings. The molecule has 0 aliphatic carbocycles. The topological polar surface area (TPSA) is 59.0 Å². The third-order valence-electron chi connectivity index (χ3n) is 3.84. The van der Waals surface area contributed by atoms with Crippen molar-refractivity contribution in [1.82, 2.24) is 4.90 Å². The predicted octanol–water partition coefficient (Wildman–Crippen LogP) is 2.27. The van der Waals surface area contributed by atoms with E-state index in [0.29, 0.717) is 23.6 Å². The van der Waals surface area contributed by atoms with Crippen LogP contribution >= 0.6 is 0 Å². The van der Waals surface area contributed by atoms with E-state index in [-0.39, 0.29) is 17.4 Å². The molecule has 110 valence electrons. The zero-order valence-corrected chi connectivity index (χ0v) is 12.6. The molecule has 2 heterocycles. The largest absolute Gasteiger partial charge is 0.477 e. The summed E-state index contributed by atoms with van der Waals surface area (Å²) in [7, 11) is 0. The Morgan fingerprint density at radius 2 is 1.67 bits per heavy atom. The van der Waals surface area contributed by atoms with Gasteiger partial charge in [-0.2, -0.15) is 0 Å². The third kappa shape index (κ3) is 1.95. The number of aliphatic imine (C=N–C) groups is 1. The predicted molar refractivity (Wildman–Crippen MR) is 78.5 cm³/mol. The summed E-state index contributed by atoms with van der Waals surface area (Å²) in [6.07, 6.45) is 0. The monoisotopic (exact) mass is 286 g/mol. The van der Waals surface area contributed by atoms with Crippen LogP contribution in [0.15, 0.2) is 29.3 Å². The quantitative estimate of drug-likeness (QED) is 0.784. The van der Waals surface area contributed by atoms with Crippen LogP contribution in [0.25, 0.3) is 0 Å². The number of carbonyl (C=O) groups is 2. The van der Waals surface area contributed by atoms with Crippen molar-refractivity contribution < 1.29 is 14.3 Å². The van der Waals surface area contributed by atoms with Gasteiger partial charge in [0.15, 0.2) is 0 Å². The molecule has 5 heteroatoms. The Labute approximate surface area is 123 Å². The number of hydrogen-bond donors (Lipinski definition) is 0. The molecule has 1 aromatic carbocycles. The van der Waals surface area contributed by atoms with E-state index in [1.54, 1.807) is 38.1 Å². The number of benzene rings is 1. The number of amides is 2. The molecular weight excluding hydrogens is 268 g/mol. The molecular formula is C16H18N2O3. The summed E-state index contributed by atoms with van der Waals surface area (Å²) in [6.45, 7) is 7.94. The van der Waals surface area contributed by atoms with Gasteiger partial charge in [-0.25, -0.2) is 4.99 Å². The van der Waals surface area contributed by atoms with Crippen LogP contribution in [0.5, 0.6) is 0 Å². The number of hydrogen-bond acceptors (Lipinski definition) is 4. The smallest absolute Gasteiger partial charge is 0.262 e. The molecule has 0 fully saturated rings. The Morgan fingerprint density at radius 1 is 1.14 bits per heavy atom. The molecule has 0 bridgehead atoms. The summed E-state index contributed by atoms with van der Waals surface area (Å²) in [5, 5.41) is 0. The second-order valence-corrected chi connectivity index (χ2v) is 6.57. The highest BCUT2D eigenvalue weighted by Crippen LogP contribution is 2.33. The molecule has 2 aliphatic heterocycles. The van der Waals surface area contributed by atoms with Gasteiger partial charge in [0.2, 0.25) is 5.90 Å². The lowest BCUT2D eigenvalue weighted by Gasteiger charge is -2.32. The van der Waals surface area contributed by atoms with E-state index >= 15 is 0 Å². The molecule has 3 rings (SSSR count). The zero-order chi connectivity index (χ0) is 15.4. The van der Waals surface area contributed by atoms with Crippen LogP contribution in [-0.4, -0.2) is 40.3 Å². The molecule has 0 unspecified atom stereocenters. The lowest BCUT2D eigenvalue weighted by molar-refractivity contribution is 0.0536. The fraction of sp³-hybridized carbons (Fsp3) is 0.438.